The van der Waals surface area contributed by atoms with Gasteiger partial charge in [0.15, 0.2) is 6.10 Å². The van der Waals surface area contributed by atoms with Gasteiger partial charge in [0.1, 0.15) is 5.75 Å². The SMILES string of the molecule is CCCCCCC(Oc1ccc2c(c1)Cc1ccccc1-2)C(=O)OCC. The van der Waals surface area contributed by atoms with Crippen LogP contribution in [0.25, 0.3) is 11.1 Å². The minimum Gasteiger partial charge on any atom is -0.479 e. The van der Waals surface area contributed by atoms with Gasteiger partial charge in [-0.05, 0) is 60.6 Å². The summed E-state index contributed by atoms with van der Waals surface area (Å²) in [4.78, 5) is 12.3. The van der Waals surface area contributed by atoms with Crippen molar-refractivity contribution in [2.24, 2.45) is 0 Å². The van der Waals surface area contributed by atoms with Crippen molar-refractivity contribution in [1.82, 2.24) is 0 Å². The molecule has 3 heteroatoms. The predicted octanol–water partition coefficient (Wildman–Crippen LogP) is 5.54. The van der Waals surface area contributed by atoms with Crippen molar-refractivity contribution in [1.29, 1.82) is 0 Å². The lowest BCUT2D eigenvalue weighted by Gasteiger charge is -2.18. The van der Waals surface area contributed by atoms with Crippen LogP contribution < -0.4 is 4.74 Å². The van der Waals surface area contributed by atoms with Gasteiger partial charge in [-0.1, -0.05) is 56.5 Å². The van der Waals surface area contributed by atoms with Gasteiger partial charge in [-0.2, -0.15) is 0 Å². The normalized spacial score (nSPS) is 13.0. The van der Waals surface area contributed by atoms with Crippen LogP contribution in [0.2, 0.25) is 0 Å². The maximum absolute atomic E-state index is 12.3. The van der Waals surface area contributed by atoms with Crippen molar-refractivity contribution in [3.05, 3.63) is 53.6 Å². The molecule has 26 heavy (non-hydrogen) atoms. The van der Waals surface area contributed by atoms with Crippen LogP contribution in [0.5, 0.6) is 5.75 Å². The summed E-state index contributed by atoms with van der Waals surface area (Å²) >= 11 is 0. The first-order chi connectivity index (χ1) is 12.7. The summed E-state index contributed by atoms with van der Waals surface area (Å²) < 4.78 is 11.3. The van der Waals surface area contributed by atoms with Gasteiger partial charge in [0.05, 0.1) is 6.61 Å². The number of ether oxygens (including phenoxy) is 2. The van der Waals surface area contributed by atoms with Gasteiger partial charge in [-0.25, -0.2) is 4.79 Å². The Balaban J connectivity index is 1.70. The molecule has 1 atom stereocenters. The van der Waals surface area contributed by atoms with E-state index >= 15 is 0 Å². The summed E-state index contributed by atoms with van der Waals surface area (Å²) in [5.41, 5.74) is 5.18. The summed E-state index contributed by atoms with van der Waals surface area (Å²) in [5.74, 6) is 0.498. The highest BCUT2D eigenvalue weighted by Gasteiger charge is 2.23. The Morgan fingerprint density at radius 1 is 1.00 bits per heavy atom. The van der Waals surface area contributed by atoms with Gasteiger partial charge in [0, 0.05) is 0 Å². The fraction of sp³-hybridized carbons (Fsp3) is 0.435. The molecule has 0 spiro atoms. The summed E-state index contributed by atoms with van der Waals surface area (Å²) in [6.45, 7) is 4.40. The third kappa shape index (κ3) is 4.27. The van der Waals surface area contributed by atoms with E-state index in [4.69, 9.17) is 9.47 Å². The van der Waals surface area contributed by atoms with Crippen LogP contribution in [0, 0.1) is 0 Å². The zero-order chi connectivity index (χ0) is 18.4. The third-order valence-electron chi connectivity index (χ3n) is 4.91. The molecule has 1 unspecified atom stereocenters. The van der Waals surface area contributed by atoms with Crippen molar-refractivity contribution >= 4 is 5.97 Å². The van der Waals surface area contributed by atoms with Crippen molar-refractivity contribution < 1.29 is 14.3 Å². The highest BCUT2D eigenvalue weighted by Crippen LogP contribution is 2.38. The molecule has 2 aromatic carbocycles. The zero-order valence-corrected chi connectivity index (χ0v) is 15.8. The van der Waals surface area contributed by atoms with E-state index in [2.05, 4.69) is 43.3 Å². The molecule has 0 amide bonds. The van der Waals surface area contributed by atoms with Gasteiger partial charge < -0.3 is 9.47 Å². The molecular weight excluding hydrogens is 324 g/mol. The van der Waals surface area contributed by atoms with E-state index in [-0.39, 0.29) is 5.97 Å². The Kier molecular flexibility index (Phi) is 6.32. The Morgan fingerprint density at radius 3 is 2.62 bits per heavy atom. The van der Waals surface area contributed by atoms with Crippen LogP contribution in [-0.2, 0) is 16.0 Å². The number of hydrogen-bond acceptors (Lipinski definition) is 3. The van der Waals surface area contributed by atoms with E-state index in [1.54, 1.807) is 0 Å². The molecular formula is C23H28O3. The smallest absolute Gasteiger partial charge is 0.347 e. The molecule has 0 N–H and O–H groups in total. The molecule has 0 bridgehead atoms. The van der Waals surface area contributed by atoms with Crippen molar-refractivity contribution in [2.45, 2.75) is 58.5 Å². The van der Waals surface area contributed by atoms with Crippen LogP contribution in [-0.4, -0.2) is 18.7 Å². The quantitative estimate of drug-likeness (QED) is 0.375. The number of unbranched alkanes of at least 4 members (excludes halogenated alkanes) is 3. The van der Waals surface area contributed by atoms with Gasteiger partial charge in [-0.15, -0.1) is 0 Å². The molecule has 138 valence electrons. The topological polar surface area (TPSA) is 35.5 Å². The molecule has 1 aliphatic rings. The first-order valence-corrected chi connectivity index (χ1v) is 9.77. The Morgan fingerprint density at radius 2 is 1.81 bits per heavy atom. The minimum absolute atomic E-state index is 0.257. The highest BCUT2D eigenvalue weighted by molar-refractivity contribution is 5.78. The fourth-order valence-corrected chi connectivity index (χ4v) is 3.58. The van der Waals surface area contributed by atoms with Gasteiger partial charge in [0.25, 0.3) is 0 Å². The van der Waals surface area contributed by atoms with Gasteiger partial charge in [-0.3, -0.25) is 0 Å². The molecule has 3 nitrogen and oxygen atoms in total. The van der Waals surface area contributed by atoms with Crippen molar-refractivity contribution in [2.75, 3.05) is 6.61 Å². The predicted molar refractivity (Wildman–Crippen MR) is 104 cm³/mol. The van der Waals surface area contributed by atoms with Crippen LogP contribution in [0.3, 0.4) is 0 Å². The Hall–Kier alpha value is -2.29. The summed E-state index contributed by atoms with van der Waals surface area (Å²) in [7, 11) is 0. The zero-order valence-electron chi connectivity index (χ0n) is 15.8. The summed E-state index contributed by atoms with van der Waals surface area (Å²) in [6, 6.07) is 14.6. The molecule has 0 heterocycles. The first-order valence-electron chi connectivity index (χ1n) is 9.77. The number of carbonyl (C=O) groups is 1. The number of rotatable bonds is 9. The molecule has 1 aliphatic carbocycles. The molecule has 0 radical (unpaired) electrons. The van der Waals surface area contributed by atoms with Crippen LogP contribution in [0.4, 0.5) is 0 Å². The maximum Gasteiger partial charge on any atom is 0.347 e. The van der Waals surface area contributed by atoms with E-state index in [1.807, 2.05) is 13.0 Å². The number of carbonyl (C=O) groups excluding carboxylic acids is 1. The summed E-state index contributed by atoms with van der Waals surface area (Å²) in [6.07, 6.45) is 5.57. The first kappa shape index (κ1) is 18.5. The Bertz CT molecular complexity index is 751. The molecule has 3 rings (SSSR count). The van der Waals surface area contributed by atoms with E-state index in [0.717, 1.165) is 25.0 Å². The second kappa shape index (κ2) is 8.88. The molecule has 0 saturated heterocycles. The lowest BCUT2D eigenvalue weighted by atomic mass is 10.1. The average molecular weight is 352 g/mol. The standard InChI is InChI=1S/C23H28O3/c1-3-5-6-7-12-22(23(24)25-4-2)26-19-13-14-21-18(16-19)15-17-10-8-9-11-20(17)21/h8-11,13-14,16,22H,3-7,12,15H2,1-2H3. The lowest BCUT2D eigenvalue weighted by molar-refractivity contribution is -0.151. The molecule has 0 aliphatic heterocycles. The van der Waals surface area contributed by atoms with E-state index < -0.39 is 6.10 Å². The Labute approximate surface area is 156 Å². The van der Waals surface area contributed by atoms with Gasteiger partial charge >= 0.3 is 5.97 Å². The second-order valence-electron chi connectivity index (χ2n) is 6.86. The van der Waals surface area contributed by atoms with Crippen LogP contribution in [0.15, 0.2) is 42.5 Å². The largest absolute Gasteiger partial charge is 0.479 e. The minimum atomic E-state index is -0.520. The fourth-order valence-electron chi connectivity index (χ4n) is 3.58. The lowest BCUT2D eigenvalue weighted by Crippen LogP contribution is -2.29. The van der Waals surface area contributed by atoms with E-state index in [0.29, 0.717) is 13.0 Å². The number of esters is 1. The molecule has 2 aromatic rings. The molecule has 0 saturated carbocycles. The van der Waals surface area contributed by atoms with Crippen molar-refractivity contribution in [3.8, 4) is 16.9 Å². The molecule has 0 fully saturated rings. The third-order valence-corrected chi connectivity index (χ3v) is 4.91. The second-order valence-corrected chi connectivity index (χ2v) is 6.86. The number of hydrogen-bond donors (Lipinski definition) is 0. The van der Waals surface area contributed by atoms with Crippen molar-refractivity contribution in [3.63, 3.8) is 0 Å². The number of fused-ring (bicyclic) bond motifs is 3. The average Bonchev–Trinajstić information content (AvgIpc) is 3.02. The monoisotopic (exact) mass is 352 g/mol. The number of benzene rings is 2. The summed E-state index contributed by atoms with van der Waals surface area (Å²) in [5, 5.41) is 0. The molecule has 0 aromatic heterocycles. The van der Waals surface area contributed by atoms with E-state index in [1.165, 1.54) is 35.1 Å². The van der Waals surface area contributed by atoms with Crippen LogP contribution in [0.1, 0.15) is 57.1 Å². The highest BCUT2D eigenvalue weighted by atomic mass is 16.6. The van der Waals surface area contributed by atoms with Crippen LogP contribution >= 0.6 is 0 Å². The van der Waals surface area contributed by atoms with E-state index in [9.17, 15) is 4.79 Å². The maximum atomic E-state index is 12.3. The van der Waals surface area contributed by atoms with Gasteiger partial charge in [0.2, 0.25) is 0 Å².